The molecule has 2 amide bonds. The molecule has 8 heteroatoms. The van der Waals surface area contributed by atoms with Crippen LogP contribution in [0.1, 0.15) is 63.1 Å². The van der Waals surface area contributed by atoms with Gasteiger partial charge in [0.1, 0.15) is 5.75 Å². The molecular formula is C35H37ClN2O5. The van der Waals surface area contributed by atoms with Gasteiger partial charge in [-0.1, -0.05) is 48.0 Å². The summed E-state index contributed by atoms with van der Waals surface area (Å²) in [6, 6.07) is 17.2. The van der Waals surface area contributed by atoms with Crippen LogP contribution in [0.25, 0.3) is 16.7 Å². The quantitative estimate of drug-likeness (QED) is 0.363. The van der Waals surface area contributed by atoms with Gasteiger partial charge in [-0.05, 0) is 96.2 Å². The predicted molar refractivity (Wildman–Crippen MR) is 168 cm³/mol. The molecule has 7 nitrogen and oxygen atoms in total. The van der Waals surface area contributed by atoms with Crippen molar-refractivity contribution in [1.82, 2.24) is 10.2 Å². The molecule has 0 spiro atoms. The number of fused-ring (bicyclic) bond motifs is 2. The van der Waals surface area contributed by atoms with Gasteiger partial charge in [-0.15, -0.1) is 0 Å². The molecule has 1 atom stereocenters. The van der Waals surface area contributed by atoms with Gasteiger partial charge in [0.2, 0.25) is 0 Å². The van der Waals surface area contributed by atoms with Crippen molar-refractivity contribution in [2.45, 2.75) is 44.6 Å². The van der Waals surface area contributed by atoms with E-state index in [1.165, 1.54) is 11.1 Å². The molecule has 3 aromatic carbocycles. The fourth-order valence-corrected chi connectivity index (χ4v) is 6.48. The molecule has 0 bridgehead atoms. The lowest BCUT2D eigenvalue weighted by atomic mass is 9.87. The summed E-state index contributed by atoms with van der Waals surface area (Å²) in [6.07, 6.45) is 7.35. The van der Waals surface area contributed by atoms with E-state index in [1.54, 1.807) is 17.0 Å². The van der Waals surface area contributed by atoms with Crippen molar-refractivity contribution in [3.63, 3.8) is 0 Å². The monoisotopic (exact) mass is 600 g/mol. The largest absolute Gasteiger partial charge is 0.492 e. The maximum Gasteiger partial charge on any atom is 0.255 e. The molecule has 1 aliphatic carbocycles. The molecule has 43 heavy (non-hydrogen) atoms. The highest BCUT2D eigenvalue weighted by molar-refractivity contribution is 6.34. The fourth-order valence-electron chi connectivity index (χ4n) is 6.22. The van der Waals surface area contributed by atoms with Crippen LogP contribution in [0.5, 0.6) is 5.75 Å². The van der Waals surface area contributed by atoms with E-state index in [0.29, 0.717) is 61.2 Å². The van der Waals surface area contributed by atoms with Gasteiger partial charge in [-0.3, -0.25) is 9.59 Å². The highest BCUT2D eigenvalue weighted by atomic mass is 35.5. The highest BCUT2D eigenvalue weighted by Gasteiger charge is 2.25. The number of nitrogens with zero attached hydrogens (tertiary/aromatic N) is 1. The number of nitrogens with one attached hydrogen (secondary N) is 1. The number of benzene rings is 3. The van der Waals surface area contributed by atoms with Crippen LogP contribution in [0.2, 0.25) is 5.02 Å². The molecular weight excluding hydrogens is 564 g/mol. The molecule has 3 aromatic rings. The lowest BCUT2D eigenvalue weighted by Gasteiger charge is -2.27. The fraction of sp³-hybridized carbons (Fsp3) is 0.371. The van der Waals surface area contributed by atoms with E-state index < -0.39 is 6.04 Å². The first-order valence-electron chi connectivity index (χ1n) is 15.2. The minimum Gasteiger partial charge on any atom is -0.492 e. The number of carbonyl (C=O) groups excluding carboxylic acids is 2. The third-order valence-corrected chi connectivity index (χ3v) is 8.83. The lowest BCUT2D eigenvalue weighted by molar-refractivity contribution is 0.0303. The van der Waals surface area contributed by atoms with Crippen LogP contribution < -0.4 is 10.1 Å². The maximum absolute atomic E-state index is 13.8. The summed E-state index contributed by atoms with van der Waals surface area (Å²) >= 11 is 6.67. The van der Waals surface area contributed by atoms with Crippen molar-refractivity contribution in [3.8, 4) is 16.9 Å². The van der Waals surface area contributed by atoms with Crippen molar-refractivity contribution in [2.24, 2.45) is 0 Å². The minimum absolute atomic E-state index is 0.110. The summed E-state index contributed by atoms with van der Waals surface area (Å²) in [7, 11) is 0. The van der Waals surface area contributed by atoms with Crippen molar-refractivity contribution >= 4 is 29.0 Å². The first-order valence-corrected chi connectivity index (χ1v) is 15.6. The van der Waals surface area contributed by atoms with E-state index in [9.17, 15) is 14.7 Å². The van der Waals surface area contributed by atoms with E-state index in [1.807, 2.05) is 18.2 Å². The number of amides is 2. The summed E-state index contributed by atoms with van der Waals surface area (Å²) < 4.78 is 11.5. The smallest absolute Gasteiger partial charge is 0.255 e. The molecule has 6 rings (SSSR count). The zero-order valence-electron chi connectivity index (χ0n) is 24.2. The molecule has 0 radical (unpaired) electrons. The van der Waals surface area contributed by atoms with Gasteiger partial charge in [0.25, 0.3) is 11.8 Å². The van der Waals surface area contributed by atoms with E-state index in [-0.39, 0.29) is 18.4 Å². The second-order valence-electron chi connectivity index (χ2n) is 11.4. The number of rotatable bonds is 7. The zero-order chi connectivity index (χ0) is 29.8. The Morgan fingerprint density at radius 2 is 1.77 bits per heavy atom. The molecule has 2 heterocycles. The van der Waals surface area contributed by atoms with E-state index in [4.69, 9.17) is 21.1 Å². The van der Waals surface area contributed by atoms with E-state index in [2.05, 4.69) is 35.7 Å². The average Bonchev–Trinajstić information content (AvgIpc) is 3.30. The van der Waals surface area contributed by atoms with Crippen molar-refractivity contribution in [2.75, 3.05) is 39.5 Å². The van der Waals surface area contributed by atoms with Gasteiger partial charge in [0, 0.05) is 13.1 Å². The first kappa shape index (κ1) is 29.4. The van der Waals surface area contributed by atoms with Gasteiger partial charge < -0.3 is 24.8 Å². The Balaban J connectivity index is 1.27. The molecule has 2 aliphatic heterocycles. The number of halogens is 1. The number of hydrogen-bond donors (Lipinski definition) is 2. The number of ether oxygens (including phenoxy) is 2. The molecule has 1 saturated heterocycles. The first-order chi connectivity index (χ1) is 21.0. The van der Waals surface area contributed by atoms with Crippen molar-refractivity contribution in [1.29, 1.82) is 0 Å². The second-order valence-corrected chi connectivity index (χ2v) is 11.8. The molecule has 3 aliphatic rings. The molecule has 0 aromatic heterocycles. The number of aliphatic hydroxyl groups excluding tert-OH is 1. The Bertz CT molecular complexity index is 1550. The number of allylic oxidation sites excluding steroid dienone is 1. The zero-order valence-corrected chi connectivity index (χ0v) is 25.0. The SMILES string of the molecule is O=C(NC(CO)CC1=CCCc2ccccc21)c1cc(-c2ccc(C(=O)N3CCOCC3)c(Cl)c2)cc2c1OCCCC2. The second kappa shape index (κ2) is 13.3. The van der Waals surface area contributed by atoms with E-state index in [0.717, 1.165) is 54.4 Å². The van der Waals surface area contributed by atoms with Crippen LogP contribution in [0.15, 0.2) is 60.7 Å². The van der Waals surface area contributed by atoms with Gasteiger partial charge in [0.15, 0.2) is 0 Å². The van der Waals surface area contributed by atoms with Crippen LogP contribution >= 0.6 is 11.6 Å². The third-order valence-electron chi connectivity index (χ3n) is 8.52. The Morgan fingerprint density at radius 1 is 0.930 bits per heavy atom. The van der Waals surface area contributed by atoms with Gasteiger partial charge in [-0.25, -0.2) is 0 Å². The molecule has 224 valence electrons. The molecule has 1 unspecified atom stereocenters. The molecule has 0 saturated carbocycles. The van der Waals surface area contributed by atoms with Gasteiger partial charge >= 0.3 is 0 Å². The number of morpholine rings is 1. The molecule has 2 N–H and O–H groups in total. The Labute approximate surface area is 257 Å². The van der Waals surface area contributed by atoms with Crippen LogP contribution in [0, 0.1) is 0 Å². The summed E-state index contributed by atoms with van der Waals surface area (Å²) in [5.74, 6) is 0.206. The summed E-state index contributed by atoms with van der Waals surface area (Å²) in [4.78, 5) is 28.7. The summed E-state index contributed by atoms with van der Waals surface area (Å²) in [5.41, 5.74) is 7.13. The van der Waals surface area contributed by atoms with Crippen molar-refractivity contribution in [3.05, 3.63) is 93.5 Å². The molecule has 1 fully saturated rings. The minimum atomic E-state index is -0.449. The highest BCUT2D eigenvalue weighted by Crippen LogP contribution is 2.36. The number of aryl methyl sites for hydroxylation is 2. The lowest BCUT2D eigenvalue weighted by Crippen LogP contribution is -2.40. The van der Waals surface area contributed by atoms with Crippen LogP contribution in [-0.4, -0.2) is 67.4 Å². The maximum atomic E-state index is 13.8. The number of hydrogen-bond acceptors (Lipinski definition) is 5. The van der Waals surface area contributed by atoms with Gasteiger partial charge in [0.05, 0.1) is 48.6 Å². The Hall–Kier alpha value is -3.65. The summed E-state index contributed by atoms with van der Waals surface area (Å²) in [6.45, 7) is 2.49. The Kier molecular flexibility index (Phi) is 9.12. The van der Waals surface area contributed by atoms with Crippen LogP contribution in [0.3, 0.4) is 0 Å². The predicted octanol–water partition coefficient (Wildman–Crippen LogP) is 5.71. The number of aliphatic hydroxyl groups is 1. The van der Waals surface area contributed by atoms with Crippen molar-refractivity contribution < 1.29 is 24.2 Å². The topological polar surface area (TPSA) is 88.1 Å². The van der Waals surface area contributed by atoms with Gasteiger partial charge in [-0.2, -0.15) is 0 Å². The third kappa shape index (κ3) is 6.49. The van der Waals surface area contributed by atoms with E-state index >= 15 is 0 Å². The van der Waals surface area contributed by atoms with Crippen LogP contribution in [-0.2, 0) is 17.6 Å². The Morgan fingerprint density at radius 3 is 2.58 bits per heavy atom. The number of carbonyl (C=O) groups is 2. The normalized spacial score (nSPS) is 17.1. The van der Waals surface area contributed by atoms with Crippen LogP contribution in [0.4, 0.5) is 0 Å². The summed E-state index contributed by atoms with van der Waals surface area (Å²) in [5, 5.41) is 13.7. The average molecular weight is 601 g/mol. The standard InChI is InChI=1S/C35H37ClN2O5/c36-32-21-24(11-12-30(32)35(41)38-13-16-42-17-14-38)27-18-26-7-3-4-15-43-33(26)31(20-27)34(40)37-28(22-39)19-25-9-5-8-23-6-1-2-10-29(23)25/h1-2,6,9-12,18,20-21,28,39H,3-5,7-8,13-17,19,22H2,(H,37,40).